The number of ether oxygens (including phenoxy) is 4. The first kappa shape index (κ1) is 16.9. The Hall–Kier alpha value is -3.55. The monoisotopic (exact) mass is 369 g/mol. The van der Waals surface area contributed by atoms with Gasteiger partial charge in [-0.15, -0.1) is 0 Å². The van der Waals surface area contributed by atoms with Crippen LogP contribution in [0.15, 0.2) is 36.4 Å². The van der Waals surface area contributed by atoms with Gasteiger partial charge >= 0.3 is 5.97 Å². The number of esters is 1. The van der Waals surface area contributed by atoms with Gasteiger partial charge in [-0.2, -0.15) is 0 Å². The van der Waals surface area contributed by atoms with Crippen LogP contribution in [0.2, 0.25) is 0 Å². The number of nitrogens with one attached hydrogen (secondary N) is 1. The van der Waals surface area contributed by atoms with E-state index in [2.05, 4.69) is 5.32 Å². The molecular formula is C19H15NO7. The third-order valence-electron chi connectivity index (χ3n) is 4.05. The number of anilines is 1. The van der Waals surface area contributed by atoms with Crippen LogP contribution >= 0.6 is 0 Å². The third-order valence-corrected chi connectivity index (χ3v) is 4.05. The number of carbonyl (C=O) groups excluding carboxylic acids is 3. The van der Waals surface area contributed by atoms with Crippen molar-refractivity contribution in [3.8, 4) is 17.2 Å². The number of rotatable bonds is 4. The van der Waals surface area contributed by atoms with E-state index in [9.17, 15) is 14.4 Å². The fraction of sp³-hybridized carbons (Fsp3) is 0.211. The van der Waals surface area contributed by atoms with E-state index in [1.807, 2.05) is 0 Å². The molecule has 0 saturated heterocycles. The van der Waals surface area contributed by atoms with Gasteiger partial charge in [0.25, 0.3) is 5.91 Å². The minimum Gasteiger partial charge on any atom is -0.486 e. The average Bonchev–Trinajstić information content (AvgIpc) is 2.70. The highest BCUT2D eigenvalue weighted by molar-refractivity contribution is 6.02. The summed E-state index contributed by atoms with van der Waals surface area (Å²) in [6.45, 7) is 0.369. The lowest BCUT2D eigenvalue weighted by Crippen LogP contribution is -2.25. The largest absolute Gasteiger partial charge is 0.486 e. The van der Waals surface area contributed by atoms with Crippen LogP contribution in [-0.2, 0) is 9.53 Å². The second kappa shape index (κ2) is 6.99. The van der Waals surface area contributed by atoms with Crippen molar-refractivity contribution in [2.75, 3.05) is 31.7 Å². The summed E-state index contributed by atoms with van der Waals surface area (Å²) < 4.78 is 21.2. The molecule has 138 valence electrons. The molecule has 0 aliphatic carbocycles. The summed E-state index contributed by atoms with van der Waals surface area (Å²) in [7, 11) is 0. The van der Waals surface area contributed by atoms with Crippen molar-refractivity contribution >= 4 is 23.3 Å². The Morgan fingerprint density at radius 3 is 2.52 bits per heavy atom. The summed E-state index contributed by atoms with van der Waals surface area (Å²) >= 11 is 0. The van der Waals surface area contributed by atoms with Gasteiger partial charge in [-0.25, -0.2) is 4.79 Å². The normalized spacial score (nSPS) is 14.4. The van der Waals surface area contributed by atoms with Crippen molar-refractivity contribution in [1.29, 1.82) is 0 Å². The van der Waals surface area contributed by atoms with Crippen LogP contribution in [0.5, 0.6) is 17.2 Å². The second-order valence-corrected chi connectivity index (χ2v) is 5.91. The van der Waals surface area contributed by atoms with Gasteiger partial charge in [0.2, 0.25) is 0 Å². The summed E-state index contributed by atoms with van der Waals surface area (Å²) in [5.74, 6) is 0.176. The van der Waals surface area contributed by atoms with Gasteiger partial charge in [0.1, 0.15) is 19.0 Å². The summed E-state index contributed by atoms with van der Waals surface area (Å²) in [6.07, 6.45) is 0. The Morgan fingerprint density at radius 2 is 1.67 bits per heavy atom. The molecule has 0 bridgehead atoms. The van der Waals surface area contributed by atoms with E-state index in [1.165, 1.54) is 12.1 Å². The highest BCUT2D eigenvalue weighted by atomic mass is 16.6. The predicted molar refractivity (Wildman–Crippen MR) is 92.6 cm³/mol. The number of amides is 1. The molecule has 8 nitrogen and oxygen atoms in total. The Balaban J connectivity index is 1.41. The van der Waals surface area contributed by atoms with Gasteiger partial charge < -0.3 is 24.3 Å². The number of Topliss-reactive ketones (excluding diaryl/α,β-unsaturated/α-hetero) is 1. The maximum absolute atomic E-state index is 12.3. The second-order valence-electron chi connectivity index (χ2n) is 5.91. The van der Waals surface area contributed by atoms with E-state index in [-0.39, 0.29) is 18.1 Å². The smallest absolute Gasteiger partial charge is 0.338 e. The minimum atomic E-state index is -0.644. The first-order valence-electron chi connectivity index (χ1n) is 8.27. The van der Waals surface area contributed by atoms with Crippen molar-refractivity contribution < 1.29 is 33.3 Å². The molecule has 4 rings (SSSR count). The SMILES string of the molecule is O=C1COc2ccc(C(=O)COC(=O)c3ccc4c(c3)OCCO4)cc2N1. The van der Waals surface area contributed by atoms with Crippen molar-refractivity contribution in [3.05, 3.63) is 47.5 Å². The first-order valence-corrected chi connectivity index (χ1v) is 8.27. The lowest BCUT2D eigenvalue weighted by atomic mass is 10.1. The van der Waals surface area contributed by atoms with Crippen molar-refractivity contribution in [3.63, 3.8) is 0 Å². The van der Waals surface area contributed by atoms with Crippen molar-refractivity contribution in [2.24, 2.45) is 0 Å². The highest BCUT2D eigenvalue weighted by Crippen LogP contribution is 2.31. The van der Waals surface area contributed by atoms with Crippen LogP contribution in [0.4, 0.5) is 5.69 Å². The zero-order valence-corrected chi connectivity index (χ0v) is 14.2. The molecule has 0 aromatic heterocycles. The first-order chi connectivity index (χ1) is 13.1. The maximum Gasteiger partial charge on any atom is 0.338 e. The summed E-state index contributed by atoms with van der Waals surface area (Å²) in [6, 6.07) is 9.33. The topological polar surface area (TPSA) is 100 Å². The van der Waals surface area contributed by atoms with Gasteiger partial charge in [-0.05, 0) is 36.4 Å². The number of hydrogen-bond donors (Lipinski definition) is 1. The van der Waals surface area contributed by atoms with Crippen molar-refractivity contribution in [1.82, 2.24) is 0 Å². The molecule has 2 aromatic carbocycles. The molecule has 2 aliphatic rings. The number of fused-ring (bicyclic) bond motifs is 2. The number of hydrogen-bond acceptors (Lipinski definition) is 7. The molecule has 0 spiro atoms. The minimum absolute atomic E-state index is 0.0621. The molecule has 0 fully saturated rings. The zero-order valence-electron chi connectivity index (χ0n) is 14.2. The number of carbonyl (C=O) groups is 3. The zero-order chi connectivity index (χ0) is 18.8. The Bertz CT molecular complexity index is 938. The van der Waals surface area contributed by atoms with E-state index in [0.717, 1.165) is 0 Å². The molecule has 0 atom stereocenters. The Morgan fingerprint density at radius 1 is 0.926 bits per heavy atom. The van der Waals surface area contributed by atoms with E-state index in [4.69, 9.17) is 18.9 Å². The molecule has 2 heterocycles. The standard InChI is InChI=1S/C19H15NO7/c21-14(11-1-3-15-13(7-11)20-18(22)10-26-15)9-27-19(23)12-2-4-16-17(8-12)25-6-5-24-16/h1-4,7-8H,5-6,9-10H2,(H,20,22). The van der Waals surface area contributed by atoms with Crippen LogP contribution < -0.4 is 19.5 Å². The predicted octanol–water partition coefficient (Wildman–Crippen LogP) is 1.83. The summed E-state index contributed by atoms with van der Waals surface area (Å²) in [5.41, 5.74) is 0.975. The molecular weight excluding hydrogens is 354 g/mol. The van der Waals surface area contributed by atoms with Gasteiger partial charge in [0, 0.05) is 5.56 Å². The fourth-order valence-corrected chi connectivity index (χ4v) is 2.72. The summed E-state index contributed by atoms with van der Waals surface area (Å²) in [4.78, 5) is 35.9. The van der Waals surface area contributed by atoms with Gasteiger partial charge in [-0.1, -0.05) is 0 Å². The molecule has 2 aromatic rings. The third kappa shape index (κ3) is 3.55. The van der Waals surface area contributed by atoms with Crippen LogP contribution in [0.3, 0.4) is 0 Å². The number of benzene rings is 2. The molecule has 1 amide bonds. The number of ketones is 1. The van der Waals surface area contributed by atoms with E-state index < -0.39 is 18.4 Å². The molecule has 0 saturated carbocycles. The molecule has 27 heavy (non-hydrogen) atoms. The van der Waals surface area contributed by atoms with Gasteiger partial charge in [-0.3, -0.25) is 9.59 Å². The Labute approximate surface area is 154 Å². The van der Waals surface area contributed by atoms with E-state index >= 15 is 0 Å². The molecule has 8 heteroatoms. The van der Waals surface area contributed by atoms with Crippen LogP contribution in [0.25, 0.3) is 0 Å². The van der Waals surface area contributed by atoms with Gasteiger partial charge in [0.15, 0.2) is 30.5 Å². The average molecular weight is 369 g/mol. The molecule has 0 unspecified atom stereocenters. The highest BCUT2D eigenvalue weighted by Gasteiger charge is 2.20. The lowest BCUT2D eigenvalue weighted by Gasteiger charge is -2.18. The van der Waals surface area contributed by atoms with E-state index in [1.54, 1.807) is 24.3 Å². The van der Waals surface area contributed by atoms with Crippen LogP contribution in [-0.4, -0.2) is 44.1 Å². The van der Waals surface area contributed by atoms with Crippen LogP contribution in [0, 0.1) is 0 Å². The van der Waals surface area contributed by atoms with Crippen molar-refractivity contribution in [2.45, 2.75) is 0 Å². The fourth-order valence-electron chi connectivity index (χ4n) is 2.72. The van der Waals surface area contributed by atoms with Gasteiger partial charge in [0.05, 0.1) is 11.3 Å². The Kier molecular flexibility index (Phi) is 4.37. The van der Waals surface area contributed by atoms with E-state index in [0.29, 0.717) is 41.7 Å². The molecule has 0 radical (unpaired) electrons. The quantitative estimate of drug-likeness (QED) is 0.648. The summed E-state index contributed by atoms with van der Waals surface area (Å²) in [5, 5.41) is 2.63. The molecule has 2 aliphatic heterocycles. The molecule has 1 N–H and O–H groups in total. The van der Waals surface area contributed by atoms with Crippen LogP contribution in [0.1, 0.15) is 20.7 Å². The lowest BCUT2D eigenvalue weighted by molar-refractivity contribution is -0.118. The maximum atomic E-state index is 12.3.